The predicted octanol–water partition coefficient (Wildman–Crippen LogP) is 2.61. The maximum Gasteiger partial charge on any atom is 0.258 e. The third kappa shape index (κ3) is 2.11. The van der Waals surface area contributed by atoms with E-state index in [4.69, 9.17) is 19.7 Å². The van der Waals surface area contributed by atoms with Crippen LogP contribution in [0.3, 0.4) is 0 Å². The van der Waals surface area contributed by atoms with Crippen molar-refractivity contribution >= 4 is 15.9 Å². The van der Waals surface area contributed by atoms with Gasteiger partial charge in [-0.25, -0.2) is 0 Å². The van der Waals surface area contributed by atoms with Crippen molar-refractivity contribution in [3.8, 4) is 23.0 Å². The van der Waals surface area contributed by atoms with Crippen LogP contribution in [0.4, 0.5) is 0 Å². The number of hydrogen-bond donors (Lipinski definition) is 1. The Labute approximate surface area is 129 Å². The molecule has 1 aliphatic heterocycles. The van der Waals surface area contributed by atoms with Gasteiger partial charge in [-0.05, 0) is 47.3 Å². The van der Waals surface area contributed by atoms with E-state index >= 15 is 0 Å². The Balaban J connectivity index is 1.72. The standard InChI is InChI=1S/C14H14BrN3O3/c15-9-6-8(7-10-11(9)20-5-4-19-10)12-17-13(18-21-12)14(16)2-1-3-14/h6-7H,1-5,16H2. The Morgan fingerprint density at radius 3 is 2.76 bits per heavy atom. The fourth-order valence-electron chi connectivity index (χ4n) is 2.56. The molecule has 0 amide bonds. The monoisotopic (exact) mass is 351 g/mol. The molecule has 1 saturated carbocycles. The summed E-state index contributed by atoms with van der Waals surface area (Å²) in [4.78, 5) is 4.44. The topological polar surface area (TPSA) is 83.4 Å². The smallest absolute Gasteiger partial charge is 0.258 e. The molecule has 7 heteroatoms. The van der Waals surface area contributed by atoms with Crippen molar-refractivity contribution in [2.45, 2.75) is 24.8 Å². The van der Waals surface area contributed by atoms with Crippen LogP contribution in [0.25, 0.3) is 11.5 Å². The first kappa shape index (κ1) is 13.1. The van der Waals surface area contributed by atoms with Crippen LogP contribution < -0.4 is 15.2 Å². The minimum absolute atomic E-state index is 0.424. The number of fused-ring (bicyclic) bond motifs is 1. The Hall–Kier alpha value is -1.60. The molecule has 2 aliphatic rings. The van der Waals surface area contributed by atoms with E-state index in [9.17, 15) is 0 Å². The molecule has 6 nitrogen and oxygen atoms in total. The zero-order valence-electron chi connectivity index (χ0n) is 11.3. The number of aromatic nitrogens is 2. The Morgan fingerprint density at radius 1 is 1.19 bits per heavy atom. The lowest BCUT2D eigenvalue weighted by Crippen LogP contribution is -2.44. The van der Waals surface area contributed by atoms with Crippen LogP contribution in [-0.2, 0) is 5.54 Å². The van der Waals surface area contributed by atoms with Crippen molar-refractivity contribution in [3.05, 3.63) is 22.4 Å². The van der Waals surface area contributed by atoms with Gasteiger partial charge in [0.1, 0.15) is 13.2 Å². The highest BCUT2D eigenvalue weighted by Gasteiger charge is 2.39. The van der Waals surface area contributed by atoms with Crippen molar-refractivity contribution in [3.63, 3.8) is 0 Å². The summed E-state index contributed by atoms with van der Waals surface area (Å²) in [7, 11) is 0. The molecule has 0 bridgehead atoms. The Morgan fingerprint density at radius 2 is 2.00 bits per heavy atom. The summed E-state index contributed by atoms with van der Waals surface area (Å²) in [5, 5.41) is 4.03. The number of nitrogens with two attached hydrogens (primary N) is 1. The number of hydrogen-bond acceptors (Lipinski definition) is 6. The van der Waals surface area contributed by atoms with Gasteiger partial charge in [0, 0.05) is 5.56 Å². The van der Waals surface area contributed by atoms with Gasteiger partial charge in [0.05, 0.1) is 10.0 Å². The Bertz CT molecular complexity index is 697. The third-order valence-electron chi connectivity index (χ3n) is 3.96. The molecule has 0 saturated heterocycles. The van der Waals surface area contributed by atoms with Crippen LogP contribution in [0, 0.1) is 0 Å². The van der Waals surface area contributed by atoms with Gasteiger partial charge >= 0.3 is 0 Å². The quantitative estimate of drug-likeness (QED) is 0.895. The van der Waals surface area contributed by atoms with Crippen molar-refractivity contribution in [1.82, 2.24) is 10.1 Å². The molecular weight excluding hydrogens is 338 g/mol. The van der Waals surface area contributed by atoms with Gasteiger partial charge in [-0.2, -0.15) is 4.98 Å². The van der Waals surface area contributed by atoms with Crippen LogP contribution in [0.5, 0.6) is 11.5 Å². The molecule has 0 atom stereocenters. The van der Waals surface area contributed by atoms with E-state index < -0.39 is 5.54 Å². The number of nitrogens with zero attached hydrogens (tertiary/aromatic N) is 2. The molecule has 21 heavy (non-hydrogen) atoms. The molecule has 4 rings (SSSR count). The van der Waals surface area contributed by atoms with Gasteiger partial charge in [0.15, 0.2) is 17.3 Å². The largest absolute Gasteiger partial charge is 0.486 e. The van der Waals surface area contributed by atoms with E-state index in [0.29, 0.717) is 36.4 Å². The lowest BCUT2D eigenvalue weighted by atomic mass is 9.77. The molecular formula is C14H14BrN3O3. The molecule has 0 spiro atoms. The second-order valence-electron chi connectivity index (χ2n) is 5.42. The van der Waals surface area contributed by atoms with E-state index in [1.54, 1.807) is 0 Å². The maximum absolute atomic E-state index is 6.22. The van der Waals surface area contributed by atoms with E-state index in [2.05, 4.69) is 26.1 Å². The van der Waals surface area contributed by atoms with Crippen molar-refractivity contribution in [1.29, 1.82) is 0 Å². The van der Waals surface area contributed by atoms with Gasteiger partial charge in [0.2, 0.25) is 0 Å². The number of halogens is 1. The first-order valence-electron chi connectivity index (χ1n) is 6.88. The van der Waals surface area contributed by atoms with Crippen LogP contribution in [0.2, 0.25) is 0 Å². The summed E-state index contributed by atoms with van der Waals surface area (Å²) in [6.45, 7) is 1.08. The highest BCUT2D eigenvalue weighted by atomic mass is 79.9. The number of rotatable bonds is 2. The minimum Gasteiger partial charge on any atom is -0.486 e. The van der Waals surface area contributed by atoms with Crippen LogP contribution in [-0.4, -0.2) is 23.4 Å². The molecule has 2 N–H and O–H groups in total. The molecule has 1 aromatic heterocycles. The summed E-state index contributed by atoms with van der Waals surface area (Å²) < 4.78 is 17.3. The third-order valence-corrected chi connectivity index (χ3v) is 4.55. The minimum atomic E-state index is -0.424. The molecule has 2 aromatic rings. The first-order chi connectivity index (χ1) is 10.2. The van der Waals surface area contributed by atoms with E-state index in [1.807, 2.05) is 12.1 Å². The second-order valence-corrected chi connectivity index (χ2v) is 6.27. The summed E-state index contributed by atoms with van der Waals surface area (Å²) in [5.74, 6) is 2.41. The van der Waals surface area contributed by atoms with E-state index in [0.717, 1.165) is 29.3 Å². The number of benzene rings is 1. The van der Waals surface area contributed by atoms with Gasteiger partial charge in [-0.1, -0.05) is 5.16 Å². The summed E-state index contributed by atoms with van der Waals surface area (Å²) >= 11 is 3.48. The molecule has 2 heterocycles. The van der Waals surface area contributed by atoms with Gasteiger partial charge < -0.3 is 19.7 Å². The number of ether oxygens (including phenoxy) is 2. The van der Waals surface area contributed by atoms with Gasteiger partial charge in [0.25, 0.3) is 5.89 Å². The zero-order valence-corrected chi connectivity index (χ0v) is 12.9. The van der Waals surface area contributed by atoms with E-state index in [-0.39, 0.29) is 0 Å². The summed E-state index contributed by atoms with van der Waals surface area (Å²) in [6.07, 6.45) is 2.91. The average Bonchev–Trinajstić information content (AvgIpc) is 2.95. The molecule has 0 unspecified atom stereocenters. The fourth-order valence-corrected chi connectivity index (χ4v) is 3.12. The lowest BCUT2D eigenvalue weighted by molar-refractivity contribution is 0.170. The van der Waals surface area contributed by atoms with Crippen molar-refractivity contribution < 1.29 is 14.0 Å². The van der Waals surface area contributed by atoms with E-state index in [1.165, 1.54) is 0 Å². The van der Waals surface area contributed by atoms with Gasteiger partial charge in [-0.15, -0.1) is 0 Å². The highest BCUT2D eigenvalue weighted by molar-refractivity contribution is 9.10. The SMILES string of the molecule is NC1(c2noc(-c3cc(Br)c4c(c3)OCCO4)n2)CCC1. The normalized spacial score (nSPS) is 19.1. The molecule has 1 aromatic carbocycles. The lowest BCUT2D eigenvalue weighted by Gasteiger charge is -2.34. The molecule has 1 aliphatic carbocycles. The molecule has 110 valence electrons. The zero-order chi connectivity index (χ0) is 14.4. The van der Waals surface area contributed by atoms with Crippen LogP contribution >= 0.6 is 15.9 Å². The van der Waals surface area contributed by atoms with Crippen LogP contribution in [0.1, 0.15) is 25.1 Å². The summed E-state index contributed by atoms with van der Waals surface area (Å²) in [6, 6.07) is 3.73. The second kappa shape index (κ2) is 4.71. The van der Waals surface area contributed by atoms with Crippen molar-refractivity contribution in [2.75, 3.05) is 13.2 Å². The Kier molecular flexibility index (Phi) is 2.93. The first-order valence-corrected chi connectivity index (χ1v) is 7.68. The molecule has 0 radical (unpaired) electrons. The average molecular weight is 352 g/mol. The molecule has 1 fully saturated rings. The van der Waals surface area contributed by atoms with Crippen molar-refractivity contribution in [2.24, 2.45) is 5.73 Å². The fraction of sp³-hybridized carbons (Fsp3) is 0.429. The van der Waals surface area contributed by atoms with Crippen LogP contribution in [0.15, 0.2) is 21.1 Å². The summed E-state index contributed by atoms with van der Waals surface area (Å²) in [5.41, 5.74) is 6.58. The highest BCUT2D eigenvalue weighted by Crippen LogP contribution is 2.42. The maximum atomic E-state index is 6.22. The van der Waals surface area contributed by atoms with Gasteiger partial charge in [-0.3, -0.25) is 0 Å². The predicted molar refractivity (Wildman–Crippen MR) is 78.1 cm³/mol.